The van der Waals surface area contributed by atoms with Crippen LogP contribution in [0.2, 0.25) is 5.02 Å². The fraction of sp³-hybridized carbons (Fsp3) is 0.211. The summed E-state index contributed by atoms with van der Waals surface area (Å²) in [5.74, 6) is 0.738. The van der Waals surface area contributed by atoms with Gasteiger partial charge in [0, 0.05) is 5.02 Å². The van der Waals surface area contributed by atoms with Crippen LogP contribution in [0.3, 0.4) is 0 Å². The first kappa shape index (κ1) is 19.3. The molecule has 3 rings (SSSR count). The lowest BCUT2D eigenvalue weighted by Gasteiger charge is -2.13. The number of ether oxygens (including phenoxy) is 1. The van der Waals surface area contributed by atoms with Crippen LogP contribution >= 0.6 is 23.4 Å². The zero-order chi connectivity index (χ0) is 19.4. The van der Waals surface area contributed by atoms with E-state index in [4.69, 9.17) is 16.3 Å². The van der Waals surface area contributed by atoms with Crippen LogP contribution in [0.25, 0.3) is 0 Å². The first-order valence-electron chi connectivity index (χ1n) is 8.15. The maximum Gasteiger partial charge on any atom is 0.354 e. The van der Waals surface area contributed by atoms with E-state index in [1.54, 1.807) is 37.6 Å². The van der Waals surface area contributed by atoms with E-state index in [1.165, 1.54) is 16.3 Å². The first-order valence-corrected chi connectivity index (χ1v) is 9.75. The van der Waals surface area contributed by atoms with Gasteiger partial charge in [0.1, 0.15) is 5.75 Å². The van der Waals surface area contributed by atoms with E-state index < -0.39 is 11.4 Å². The van der Waals surface area contributed by atoms with Crippen molar-refractivity contribution in [1.29, 1.82) is 0 Å². The number of hydrogen-bond acceptors (Lipinski definition) is 5. The van der Waals surface area contributed by atoms with Crippen molar-refractivity contribution < 1.29 is 4.74 Å². The molecule has 3 aromatic rings. The average Bonchev–Trinajstić information content (AvgIpc) is 2.69. The van der Waals surface area contributed by atoms with Crippen LogP contribution in [0, 0.1) is 0 Å². The van der Waals surface area contributed by atoms with Gasteiger partial charge < -0.3 is 4.74 Å². The Morgan fingerprint density at radius 1 is 0.963 bits per heavy atom. The van der Waals surface area contributed by atoms with Gasteiger partial charge in [-0.3, -0.25) is 4.57 Å². The highest BCUT2D eigenvalue weighted by Crippen LogP contribution is 2.15. The second-order valence-corrected chi connectivity index (χ2v) is 7.02. The molecular formula is C19H18ClN3O3S. The Balaban J connectivity index is 2.00. The summed E-state index contributed by atoms with van der Waals surface area (Å²) in [6, 6.07) is 14.4. The van der Waals surface area contributed by atoms with Gasteiger partial charge in [0.25, 0.3) is 0 Å². The number of aromatic nitrogens is 3. The van der Waals surface area contributed by atoms with Crippen molar-refractivity contribution >= 4 is 23.4 Å². The van der Waals surface area contributed by atoms with Gasteiger partial charge in [-0.25, -0.2) is 14.2 Å². The van der Waals surface area contributed by atoms with Crippen LogP contribution in [0.1, 0.15) is 11.1 Å². The predicted molar refractivity (Wildman–Crippen MR) is 107 cm³/mol. The Kier molecular flexibility index (Phi) is 6.03. The fourth-order valence-corrected chi connectivity index (χ4v) is 3.28. The normalized spacial score (nSPS) is 10.8. The van der Waals surface area contributed by atoms with Crippen LogP contribution < -0.4 is 16.1 Å². The third kappa shape index (κ3) is 4.43. The van der Waals surface area contributed by atoms with E-state index in [0.29, 0.717) is 16.7 Å². The van der Waals surface area contributed by atoms with Crippen LogP contribution in [-0.4, -0.2) is 27.5 Å². The molecule has 1 aromatic heterocycles. The summed E-state index contributed by atoms with van der Waals surface area (Å²) in [6.07, 6.45) is 1.79. The molecule has 0 amide bonds. The Morgan fingerprint density at radius 2 is 1.52 bits per heavy atom. The smallest absolute Gasteiger partial charge is 0.354 e. The SMILES string of the molecule is COc1ccc(Cn2c(SC)nc(=O)n(Cc3ccc(Cl)cc3)c2=O)cc1. The molecule has 1 heterocycles. The molecule has 140 valence electrons. The lowest BCUT2D eigenvalue weighted by atomic mass is 10.2. The number of thioether (sulfide) groups is 1. The fourth-order valence-electron chi connectivity index (χ4n) is 2.62. The van der Waals surface area contributed by atoms with Crippen molar-refractivity contribution in [3.05, 3.63) is 85.6 Å². The zero-order valence-electron chi connectivity index (χ0n) is 14.9. The van der Waals surface area contributed by atoms with Gasteiger partial charge in [-0.15, -0.1) is 0 Å². The van der Waals surface area contributed by atoms with Gasteiger partial charge in [0.05, 0.1) is 20.2 Å². The molecule has 0 spiro atoms. The van der Waals surface area contributed by atoms with Crippen molar-refractivity contribution in [1.82, 2.24) is 14.1 Å². The lowest BCUT2D eigenvalue weighted by Crippen LogP contribution is -2.42. The van der Waals surface area contributed by atoms with Crippen LogP contribution in [0.15, 0.2) is 63.3 Å². The number of benzene rings is 2. The highest BCUT2D eigenvalue weighted by Gasteiger charge is 2.13. The second-order valence-electron chi connectivity index (χ2n) is 5.81. The summed E-state index contributed by atoms with van der Waals surface area (Å²) in [5.41, 5.74) is 0.746. The second kappa shape index (κ2) is 8.45. The van der Waals surface area contributed by atoms with Gasteiger partial charge in [0.15, 0.2) is 5.16 Å². The highest BCUT2D eigenvalue weighted by atomic mass is 35.5. The minimum Gasteiger partial charge on any atom is -0.497 e. The molecule has 0 unspecified atom stereocenters. The molecule has 0 saturated carbocycles. The number of hydrogen-bond donors (Lipinski definition) is 0. The molecule has 0 aliphatic heterocycles. The molecule has 6 nitrogen and oxygen atoms in total. The molecule has 0 radical (unpaired) electrons. The topological polar surface area (TPSA) is 66.1 Å². The van der Waals surface area contributed by atoms with Crippen LogP contribution in [-0.2, 0) is 13.1 Å². The summed E-state index contributed by atoms with van der Waals surface area (Å²) < 4.78 is 7.79. The van der Waals surface area contributed by atoms with Gasteiger partial charge >= 0.3 is 11.4 Å². The third-order valence-electron chi connectivity index (χ3n) is 4.05. The van der Waals surface area contributed by atoms with Crippen molar-refractivity contribution in [2.45, 2.75) is 18.2 Å². The molecule has 0 bridgehead atoms. The quantitative estimate of drug-likeness (QED) is 0.592. The van der Waals surface area contributed by atoms with E-state index in [9.17, 15) is 9.59 Å². The monoisotopic (exact) mass is 403 g/mol. The molecule has 0 N–H and O–H groups in total. The molecule has 8 heteroatoms. The van der Waals surface area contributed by atoms with E-state index in [0.717, 1.165) is 21.4 Å². The van der Waals surface area contributed by atoms with Gasteiger partial charge in [0.2, 0.25) is 0 Å². The molecule has 0 atom stereocenters. The molecular weight excluding hydrogens is 386 g/mol. The number of methoxy groups -OCH3 is 1. The van der Waals surface area contributed by atoms with Crippen molar-refractivity contribution in [3.8, 4) is 5.75 Å². The van der Waals surface area contributed by atoms with E-state index in [-0.39, 0.29) is 6.54 Å². The number of nitrogens with zero attached hydrogens (tertiary/aromatic N) is 3. The number of rotatable bonds is 6. The Labute approximate surface area is 165 Å². The van der Waals surface area contributed by atoms with Gasteiger partial charge in [-0.1, -0.05) is 47.6 Å². The molecule has 0 aliphatic rings. The molecule has 0 saturated heterocycles. The Morgan fingerprint density at radius 3 is 2.07 bits per heavy atom. The Bertz CT molecular complexity index is 1040. The average molecular weight is 404 g/mol. The van der Waals surface area contributed by atoms with E-state index in [2.05, 4.69) is 4.98 Å². The van der Waals surface area contributed by atoms with Crippen molar-refractivity contribution in [2.24, 2.45) is 0 Å². The van der Waals surface area contributed by atoms with Gasteiger partial charge in [-0.2, -0.15) is 4.98 Å². The maximum atomic E-state index is 13.0. The molecule has 0 aliphatic carbocycles. The minimum atomic E-state index is -0.565. The Hall–Kier alpha value is -2.51. The summed E-state index contributed by atoms with van der Waals surface area (Å²) in [4.78, 5) is 29.4. The summed E-state index contributed by atoms with van der Waals surface area (Å²) in [5, 5.41) is 0.979. The predicted octanol–water partition coefficient (Wildman–Crippen LogP) is 2.89. The van der Waals surface area contributed by atoms with Gasteiger partial charge in [-0.05, 0) is 41.6 Å². The summed E-state index contributed by atoms with van der Waals surface area (Å²) >= 11 is 7.16. The zero-order valence-corrected chi connectivity index (χ0v) is 16.5. The van der Waals surface area contributed by atoms with Crippen molar-refractivity contribution in [3.63, 3.8) is 0 Å². The minimum absolute atomic E-state index is 0.138. The lowest BCUT2D eigenvalue weighted by molar-refractivity contribution is 0.414. The van der Waals surface area contributed by atoms with Crippen molar-refractivity contribution in [2.75, 3.05) is 13.4 Å². The third-order valence-corrected chi connectivity index (χ3v) is 4.98. The maximum absolute atomic E-state index is 13.0. The molecule has 0 fully saturated rings. The highest BCUT2D eigenvalue weighted by molar-refractivity contribution is 7.98. The van der Waals surface area contributed by atoms with Crippen LogP contribution in [0.5, 0.6) is 5.75 Å². The first-order chi connectivity index (χ1) is 13.0. The number of halogens is 1. The summed E-state index contributed by atoms with van der Waals surface area (Å²) in [6.45, 7) is 0.450. The van der Waals surface area contributed by atoms with E-state index in [1.807, 2.05) is 24.3 Å². The van der Waals surface area contributed by atoms with E-state index >= 15 is 0 Å². The molecule has 27 heavy (non-hydrogen) atoms. The summed E-state index contributed by atoms with van der Waals surface area (Å²) in [7, 11) is 1.60. The molecule has 2 aromatic carbocycles. The van der Waals surface area contributed by atoms with Crippen LogP contribution in [0.4, 0.5) is 0 Å². The largest absolute Gasteiger partial charge is 0.497 e. The standard InChI is InChI=1S/C19H18ClN3O3S/c1-26-16-9-5-14(6-10-16)12-23-18(27-2)21-17(24)22(19(23)25)11-13-3-7-15(20)8-4-13/h3-10H,11-12H2,1-2H3.